The summed E-state index contributed by atoms with van der Waals surface area (Å²) in [4.78, 5) is 12.5. The van der Waals surface area contributed by atoms with Gasteiger partial charge in [0.1, 0.15) is 6.61 Å². The Balaban J connectivity index is 2.03. The van der Waals surface area contributed by atoms with Crippen molar-refractivity contribution in [2.75, 3.05) is 0 Å². The van der Waals surface area contributed by atoms with Gasteiger partial charge in [0.2, 0.25) is 0 Å². The van der Waals surface area contributed by atoms with Crippen LogP contribution in [0, 0.1) is 0 Å². The van der Waals surface area contributed by atoms with Gasteiger partial charge in [0, 0.05) is 15.5 Å². The number of carbonyl (C=O) groups is 1. The average Bonchev–Trinajstić information content (AvgIpc) is 2.37. The normalized spacial score (nSPS) is 10.1. The fourth-order valence-electron chi connectivity index (χ4n) is 1.47. The number of carbonyl (C=O) groups excluding carboxylic acids is 1. The van der Waals surface area contributed by atoms with E-state index in [1.54, 1.807) is 30.3 Å². The van der Waals surface area contributed by atoms with Gasteiger partial charge in [-0.25, -0.2) is 4.79 Å². The molecular weight excluding hydrogens is 268 g/mol. The maximum atomic E-state index is 11.8. The van der Waals surface area contributed by atoms with Crippen molar-refractivity contribution in [1.82, 2.24) is 0 Å². The molecule has 0 aromatic heterocycles. The third-order valence-electron chi connectivity index (χ3n) is 2.40. The van der Waals surface area contributed by atoms with Gasteiger partial charge in [-0.2, -0.15) is 0 Å². The second-order valence-corrected chi connectivity index (χ2v) is 4.64. The molecule has 0 N–H and O–H groups in total. The van der Waals surface area contributed by atoms with Crippen LogP contribution in [0.4, 0.5) is 0 Å². The highest BCUT2D eigenvalue weighted by Crippen LogP contribution is 2.17. The number of thiol groups is 1. The molecule has 0 radical (unpaired) electrons. The number of hydrogen-bond acceptors (Lipinski definition) is 3. The van der Waals surface area contributed by atoms with Gasteiger partial charge in [0.25, 0.3) is 0 Å². The fraction of sp³-hybridized carbons (Fsp3) is 0.0714. The lowest BCUT2D eigenvalue weighted by Crippen LogP contribution is -2.05. The predicted octanol–water partition coefficient (Wildman–Crippen LogP) is 3.99. The molecule has 0 saturated heterocycles. The van der Waals surface area contributed by atoms with E-state index in [0.717, 1.165) is 10.5 Å². The summed E-state index contributed by atoms with van der Waals surface area (Å²) < 4.78 is 5.19. The first-order valence-corrected chi connectivity index (χ1v) is 6.19. The maximum Gasteiger partial charge on any atom is 0.338 e. The van der Waals surface area contributed by atoms with Crippen LogP contribution < -0.4 is 0 Å². The quantitative estimate of drug-likeness (QED) is 0.679. The van der Waals surface area contributed by atoms with E-state index in [1.807, 2.05) is 18.2 Å². The molecule has 92 valence electrons. The first kappa shape index (κ1) is 13.0. The molecule has 0 fully saturated rings. The molecule has 0 heterocycles. The van der Waals surface area contributed by atoms with Crippen LogP contribution in [-0.2, 0) is 11.3 Å². The summed E-state index contributed by atoms with van der Waals surface area (Å²) in [5, 5.41) is 0.591. The molecule has 0 amide bonds. The Hall–Kier alpha value is -1.45. The molecule has 0 atom stereocenters. The van der Waals surface area contributed by atoms with Crippen LogP contribution >= 0.6 is 24.2 Å². The molecule has 2 nitrogen and oxygen atoms in total. The zero-order valence-corrected chi connectivity index (χ0v) is 11.1. The summed E-state index contributed by atoms with van der Waals surface area (Å²) in [7, 11) is 0. The molecule has 0 aliphatic heterocycles. The third-order valence-corrected chi connectivity index (χ3v) is 3.05. The Bertz CT molecular complexity index is 569. The SMILES string of the molecule is O=C(OCc1ccccc1Cl)c1cccc(S)c1. The lowest BCUT2D eigenvalue weighted by molar-refractivity contribution is 0.0472. The van der Waals surface area contributed by atoms with E-state index >= 15 is 0 Å². The van der Waals surface area contributed by atoms with Crippen LogP contribution in [0.25, 0.3) is 0 Å². The summed E-state index contributed by atoms with van der Waals surface area (Å²) in [6.45, 7) is 0.162. The van der Waals surface area contributed by atoms with E-state index in [1.165, 1.54) is 0 Å². The lowest BCUT2D eigenvalue weighted by atomic mass is 10.2. The standard InChI is InChI=1S/C14H11ClO2S/c15-13-7-2-1-4-11(13)9-17-14(16)10-5-3-6-12(18)8-10/h1-8,18H,9H2. The van der Waals surface area contributed by atoms with Crippen LogP contribution in [0.3, 0.4) is 0 Å². The number of halogens is 1. The van der Waals surface area contributed by atoms with E-state index in [0.29, 0.717) is 10.6 Å². The zero-order valence-electron chi connectivity index (χ0n) is 9.47. The van der Waals surface area contributed by atoms with Gasteiger partial charge < -0.3 is 4.74 Å². The highest BCUT2D eigenvalue weighted by atomic mass is 35.5. The van der Waals surface area contributed by atoms with Crippen LogP contribution in [0.1, 0.15) is 15.9 Å². The van der Waals surface area contributed by atoms with Crippen molar-refractivity contribution in [1.29, 1.82) is 0 Å². The molecule has 0 bridgehead atoms. The number of esters is 1. The van der Waals surface area contributed by atoms with Gasteiger partial charge in [-0.1, -0.05) is 35.9 Å². The molecule has 18 heavy (non-hydrogen) atoms. The molecule has 0 aliphatic carbocycles. The van der Waals surface area contributed by atoms with E-state index < -0.39 is 0 Å². The molecule has 4 heteroatoms. The minimum absolute atomic E-state index is 0.162. The van der Waals surface area contributed by atoms with Gasteiger partial charge in [-0.15, -0.1) is 12.6 Å². The Kier molecular flexibility index (Phi) is 4.28. The summed E-state index contributed by atoms with van der Waals surface area (Å²) in [5.41, 5.74) is 1.27. The molecule has 2 rings (SSSR count). The van der Waals surface area contributed by atoms with Crippen molar-refractivity contribution in [3.8, 4) is 0 Å². The molecule has 0 unspecified atom stereocenters. The largest absolute Gasteiger partial charge is 0.457 e. The van der Waals surface area contributed by atoms with Crippen LogP contribution in [0.5, 0.6) is 0 Å². The molecule has 2 aromatic carbocycles. The maximum absolute atomic E-state index is 11.8. The van der Waals surface area contributed by atoms with Crippen LogP contribution in [0.2, 0.25) is 5.02 Å². The van der Waals surface area contributed by atoms with E-state index in [9.17, 15) is 4.79 Å². The van der Waals surface area contributed by atoms with Crippen LogP contribution in [0.15, 0.2) is 53.4 Å². The number of rotatable bonds is 3. The van der Waals surface area contributed by atoms with E-state index in [2.05, 4.69) is 12.6 Å². The Morgan fingerprint density at radius 3 is 2.67 bits per heavy atom. The van der Waals surface area contributed by atoms with Crippen molar-refractivity contribution in [2.45, 2.75) is 11.5 Å². The Labute approximate surface area is 116 Å². The molecular formula is C14H11ClO2S. The third kappa shape index (κ3) is 3.28. The summed E-state index contributed by atoms with van der Waals surface area (Å²) in [5.74, 6) is -0.384. The summed E-state index contributed by atoms with van der Waals surface area (Å²) in [6.07, 6.45) is 0. The highest BCUT2D eigenvalue weighted by molar-refractivity contribution is 7.80. The van der Waals surface area contributed by atoms with E-state index in [4.69, 9.17) is 16.3 Å². The van der Waals surface area contributed by atoms with E-state index in [-0.39, 0.29) is 12.6 Å². The van der Waals surface area contributed by atoms with Gasteiger partial charge in [-0.05, 0) is 24.3 Å². The highest BCUT2D eigenvalue weighted by Gasteiger charge is 2.08. The summed E-state index contributed by atoms with van der Waals surface area (Å²) >= 11 is 10.1. The molecule has 2 aromatic rings. The average molecular weight is 279 g/mol. The Morgan fingerprint density at radius 1 is 1.17 bits per heavy atom. The topological polar surface area (TPSA) is 26.3 Å². The number of hydrogen-bond donors (Lipinski definition) is 1. The lowest BCUT2D eigenvalue weighted by Gasteiger charge is -2.06. The van der Waals surface area contributed by atoms with Gasteiger partial charge in [0.15, 0.2) is 0 Å². The van der Waals surface area contributed by atoms with Crippen molar-refractivity contribution < 1.29 is 9.53 Å². The second kappa shape index (κ2) is 5.94. The zero-order chi connectivity index (χ0) is 13.0. The van der Waals surface area contributed by atoms with Crippen molar-refractivity contribution in [2.24, 2.45) is 0 Å². The minimum Gasteiger partial charge on any atom is -0.457 e. The second-order valence-electron chi connectivity index (χ2n) is 3.72. The van der Waals surface area contributed by atoms with Crippen molar-refractivity contribution in [3.05, 3.63) is 64.7 Å². The smallest absolute Gasteiger partial charge is 0.338 e. The number of ether oxygens (including phenoxy) is 1. The van der Waals surface area contributed by atoms with Gasteiger partial charge >= 0.3 is 5.97 Å². The molecule has 0 spiro atoms. The van der Waals surface area contributed by atoms with Crippen molar-refractivity contribution in [3.63, 3.8) is 0 Å². The molecule has 0 aliphatic rings. The number of benzene rings is 2. The first-order chi connectivity index (χ1) is 8.66. The fourth-order valence-corrected chi connectivity index (χ4v) is 1.89. The Morgan fingerprint density at radius 2 is 1.94 bits per heavy atom. The van der Waals surface area contributed by atoms with Crippen LogP contribution in [-0.4, -0.2) is 5.97 Å². The monoisotopic (exact) mass is 278 g/mol. The summed E-state index contributed by atoms with van der Waals surface area (Å²) in [6, 6.07) is 14.2. The van der Waals surface area contributed by atoms with Gasteiger partial charge in [-0.3, -0.25) is 0 Å². The molecule has 0 saturated carbocycles. The van der Waals surface area contributed by atoms with Crippen molar-refractivity contribution >= 4 is 30.2 Å². The van der Waals surface area contributed by atoms with Gasteiger partial charge in [0.05, 0.1) is 5.56 Å². The first-order valence-electron chi connectivity index (χ1n) is 5.36. The minimum atomic E-state index is -0.384. The predicted molar refractivity (Wildman–Crippen MR) is 74.3 cm³/mol.